The zero-order valence-corrected chi connectivity index (χ0v) is 9.44. The third-order valence-corrected chi connectivity index (χ3v) is 2.24. The van der Waals surface area contributed by atoms with Crippen molar-refractivity contribution in [3.05, 3.63) is 35.9 Å². The molecule has 16 heavy (non-hydrogen) atoms. The molecule has 0 aliphatic heterocycles. The van der Waals surface area contributed by atoms with Gasteiger partial charge in [-0.1, -0.05) is 36.3 Å². The van der Waals surface area contributed by atoms with E-state index in [0.29, 0.717) is 19.6 Å². The van der Waals surface area contributed by atoms with Crippen molar-refractivity contribution in [3.8, 4) is 12.3 Å². The lowest BCUT2D eigenvalue weighted by Crippen LogP contribution is -2.39. The van der Waals surface area contributed by atoms with Crippen molar-refractivity contribution in [2.45, 2.75) is 13.5 Å². The van der Waals surface area contributed by atoms with Crippen LogP contribution in [0.3, 0.4) is 0 Å². The van der Waals surface area contributed by atoms with Crippen molar-refractivity contribution >= 4 is 6.03 Å². The number of nitrogens with one attached hydrogen (secondary N) is 1. The van der Waals surface area contributed by atoms with Crippen molar-refractivity contribution < 1.29 is 4.79 Å². The standard InChI is InChI=1S/C13H16N2O/c1-3-10-15(4-2)13(16)14-11-12-8-6-5-7-9-12/h1,5-9H,4,10-11H2,2H3,(H,14,16). The highest BCUT2D eigenvalue weighted by atomic mass is 16.2. The lowest BCUT2D eigenvalue weighted by molar-refractivity contribution is 0.206. The number of nitrogens with zero attached hydrogens (tertiary/aromatic N) is 1. The van der Waals surface area contributed by atoms with Crippen molar-refractivity contribution in [1.82, 2.24) is 10.2 Å². The first-order valence-corrected chi connectivity index (χ1v) is 5.28. The van der Waals surface area contributed by atoms with E-state index in [2.05, 4.69) is 11.2 Å². The Morgan fingerprint density at radius 1 is 1.44 bits per heavy atom. The summed E-state index contributed by atoms with van der Waals surface area (Å²) in [6.45, 7) is 3.39. The van der Waals surface area contributed by atoms with Crippen LogP contribution < -0.4 is 5.32 Å². The molecule has 0 heterocycles. The third-order valence-electron chi connectivity index (χ3n) is 2.24. The molecule has 0 spiro atoms. The second-order valence-electron chi connectivity index (χ2n) is 3.36. The number of carbonyl (C=O) groups is 1. The largest absolute Gasteiger partial charge is 0.334 e. The van der Waals surface area contributed by atoms with E-state index < -0.39 is 0 Å². The molecule has 2 amide bonds. The van der Waals surface area contributed by atoms with Gasteiger partial charge in [0, 0.05) is 13.1 Å². The van der Waals surface area contributed by atoms with Gasteiger partial charge in [-0.05, 0) is 12.5 Å². The SMILES string of the molecule is C#CCN(CC)C(=O)NCc1ccccc1. The average molecular weight is 216 g/mol. The normalized spacial score (nSPS) is 9.25. The topological polar surface area (TPSA) is 32.3 Å². The van der Waals surface area contributed by atoms with E-state index in [0.717, 1.165) is 5.56 Å². The van der Waals surface area contributed by atoms with Gasteiger partial charge in [-0.25, -0.2) is 4.79 Å². The Hall–Kier alpha value is -1.95. The van der Waals surface area contributed by atoms with Crippen LogP contribution in [-0.2, 0) is 6.54 Å². The number of urea groups is 1. The number of rotatable bonds is 4. The predicted molar refractivity (Wildman–Crippen MR) is 64.8 cm³/mol. The van der Waals surface area contributed by atoms with Gasteiger partial charge in [0.25, 0.3) is 0 Å². The van der Waals surface area contributed by atoms with Crippen LogP contribution in [0.1, 0.15) is 12.5 Å². The zero-order valence-electron chi connectivity index (χ0n) is 9.44. The van der Waals surface area contributed by atoms with Crippen molar-refractivity contribution in [1.29, 1.82) is 0 Å². The molecule has 0 saturated heterocycles. The van der Waals surface area contributed by atoms with E-state index in [9.17, 15) is 4.79 Å². The van der Waals surface area contributed by atoms with Crippen LogP contribution in [0.25, 0.3) is 0 Å². The molecular formula is C13H16N2O. The number of hydrogen-bond donors (Lipinski definition) is 1. The molecule has 0 saturated carbocycles. The van der Waals surface area contributed by atoms with Crippen LogP contribution in [0.4, 0.5) is 4.79 Å². The van der Waals surface area contributed by atoms with Gasteiger partial charge < -0.3 is 10.2 Å². The third kappa shape index (κ3) is 3.66. The molecular weight excluding hydrogens is 200 g/mol. The van der Waals surface area contributed by atoms with Crippen LogP contribution >= 0.6 is 0 Å². The molecule has 1 N–H and O–H groups in total. The maximum atomic E-state index is 11.7. The Morgan fingerprint density at radius 3 is 2.69 bits per heavy atom. The number of hydrogen-bond acceptors (Lipinski definition) is 1. The quantitative estimate of drug-likeness (QED) is 0.765. The Morgan fingerprint density at radius 2 is 2.12 bits per heavy atom. The van der Waals surface area contributed by atoms with Gasteiger partial charge in [0.15, 0.2) is 0 Å². The molecule has 3 heteroatoms. The zero-order chi connectivity index (χ0) is 11.8. The van der Waals surface area contributed by atoms with Crippen molar-refractivity contribution in [2.75, 3.05) is 13.1 Å². The molecule has 0 fully saturated rings. The smallest absolute Gasteiger partial charge is 0.318 e. The fraction of sp³-hybridized carbons (Fsp3) is 0.308. The Bertz CT molecular complexity index is 367. The highest BCUT2D eigenvalue weighted by Gasteiger charge is 2.08. The second-order valence-corrected chi connectivity index (χ2v) is 3.36. The molecule has 1 aromatic rings. The maximum Gasteiger partial charge on any atom is 0.318 e. The average Bonchev–Trinajstić information content (AvgIpc) is 2.34. The molecule has 3 nitrogen and oxygen atoms in total. The first kappa shape index (κ1) is 12.1. The van der Waals surface area contributed by atoms with Gasteiger partial charge in [-0.2, -0.15) is 0 Å². The predicted octanol–water partition coefficient (Wildman–Crippen LogP) is 1.85. The van der Waals surface area contributed by atoms with Gasteiger partial charge in [-0.3, -0.25) is 0 Å². The van der Waals surface area contributed by atoms with Crippen LogP contribution in [-0.4, -0.2) is 24.0 Å². The molecule has 0 radical (unpaired) electrons. The summed E-state index contributed by atoms with van der Waals surface area (Å²) in [6, 6.07) is 9.66. The van der Waals surface area contributed by atoms with E-state index >= 15 is 0 Å². The number of terminal acetylenes is 1. The minimum absolute atomic E-state index is 0.121. The summed E-state index contributed by atoms with van der Waals surface area (Å²) in [5.41, 5.74) is 1.08. The Balaban J connectivity index is 2.43. The maximum absolute atomic E-state index is 11.7. The second kappa shape index (κ2) is 6.52. The fourth-order valence-corrected chi connectivity index (χ4v) is 1.32. The van der Waals surface area contributed by atoms with E-state index in [1.54, 1.807) is 4.90 Å². The number of amides is 2. The lowest BCUT2D eigenvalue weighted by atomic mass is 10.2. The van der Waals surface area contributed by atoms with Gasteiger partial charge >= 0.3 is 6.03 Å². The fourth-order valence-electron chi connectivity index (χ4n) is 1.32. The van der Waals surface area contributed by atoms with E-state index in [1.165, 1.54) is 0 Å². The summed E-state index contributed by atoms with van der Waals surface area (Å²) in [6.07, 6.45) is 5.18. The molecule has 0 aliphatic rings. The van der Waals surface area contributed by atoms with Crippen LogP contribution in [0.5, 0.6) is 0 Å². The minimum Gasteiger partial charge on any atom is -0.334 e. The van der Waals surface area contributed by atoms with E-state index in [1.807, 2.05) is 37.3 Å². The van der Waals surface area contributed by atoms with Gasteiger partial charge in [0.2, 0.25) is 0 Å². The number of carbonyl (C=O) groups excluding carboxylic acids is 1. The van der Waals surface area contributed by atoms with Crippen molar-refractivity contribution in [3.63, 3.8) is 0 Å². The Labute approximate surface area is 96.5 Å². The van der Waals surface area contributed by atoms with E-state index in [-0.39, 0.29) is 6.03 Å². The molecule has 0 aliphatic carbocycles. The summed E-state index contributed by atoms with van der Waals surface area (Å²) in [5.74, 6) is 2.46. The summed E-state index contributed by atoms with van der Waals surface area (Å²) < 4.78 is 0. The monoisotopic (exact) mass is 216 g/mol. The Kier molecular flexibility index (Phi) is 4.94. The summed E-state index contributed by atoms with van der Waals surface area (Å²) in [4.78, 5) is 13.2. The lowest BCUT2D eigenvalue weighted by Gasteiger charge is -2.18. The molecule has 1 rings (SSSR count). The highest BCUT2D eigenvalue weighted by molar-refractivity contribution is 5.74. The van der Waals surface area contributed by atoms with E-state index in [4.69, 9.17) is 6.42 Å². The summed E-state index contributed by atoms with van der Waals surface area (Å²) >= 11 is 0. The molecule has 0 unspecified atom stereocenters. The summed E-state index contributed by atoms with van der Waals surface area (Å²) in [5, 5.41) is 2.83. The molecule has 0 atom stereocenters. The molecule has 84 valence electrons. The minimum atomic E-state index is -0.121. The van der Waals surface area contributed by atoms with Gasteiger partial charge in [0.1, 0.15) is 0 Å². The van der Waals surface area contributed by atoms with Gasteiger partial charge in [-0.15, -0.1) is 6.42 Å². The first-order chi connectivity index (χ1) is 7.77. The molecule has 1 aromatic carbocycles. The first-order valence-electron chi connectivity index (χ1n) is 5.28. The summed E-state index contributed by atoms with van der Waals surface area (Å²) in [7, 11) is 0. The van der Waals surface area contributed by atoms with Crippen LogP contribution in [0.15, 0.2) is 30.3 Å². The van der Waals surface area contributed by atoms with Crippen LogP contribution in [0.2, 0.25) is 0 Å². The van der Waals surface area contributed by atoms with Gasteiger partial charge in [0.05, 0.1) is 6.54 Å². The van der Waals surface area contributed by atoms with Crippen LogP contribution in [0, 0.1) is 12.3 Å². The van der Waals surface area contributed by atoms with Crippen molar-refractivity contribution in [2.24, 2.45) is 0 Å². The highest BCUT2D eigenvalue weighted by Crippen LogP contribution is 1.98. The number of benzene rings is 1. The molecule has 0 aromatic heterocycles. The molecule has 0 bridgehead atoms.